The maximum Gasteiger partial charge on any atom is 1.00 e. The molecule has 0 aromatic carbocycles. The van der Waals surface area contributed by atoms with Crippen molar-refractivity contribution in [3.05, 3.63) is 0 Å². The van der Waals surface area contributed by atoms with Gasteiger partial charge in [0.25, 0.3) is 0 Å². The van der Waals surface area contributed by atoms with Crippen molar-refractivity contribution < 1.29 is 124 Å². The molecule has 0 aliphatic carbocycles. The van der Waals surface area contributed by atoms with Crippen LogP contribution < -0.4 is 80.0 Å². The number of rotatable bonds is 18. The summed E-state index contributed by atoms with van der Waals surface area (Å²) in [6.45, 7) is 7.79. The van der Waals surface area contributed by atoms with Crippen molar-refractivity contribution in [2.24, 2.45) is 11.8 Å². The summed E-state index contributed by atoms with van der Waals surface area (Å²) in [5.74, 6) is 30.3. The van der Waals surface area contributed by atoms with Crippen LogP contribution in [0.4, 0.5) is 0 Å². The number of aliphatic carboxylic acids is 2. The molecule has 2 amide bonds. The van der Waals surface area contributed by atoms with E-state index in [1.807, 2.05) is 0 Å². The second-order valence-electron chi connectivity index (χ2n) is 9.63. The second-order valence-corrected chi connectivity index (χ2v) is 9.63. The molecule has 0 aromatic heterocycles. The number of amides is 2. The van der Waals surface area contributed by atoms with Gasteiger partial charge >= 0.3 is 59.1 Å². The van der Waals surface area contributed by atoms with Crippen molar-refractivity contribution >= 4 is 23.8 Å². The first-order valence-corrected chi connectivity index (χ1v) is 14.2. The summed E-state index contributed by atoms with van der Waals surface area (Å²) in [6.07, 6.45) is 3.68. The maximum absolute atomic E-state index is 12.5. The van der Waals surface area contributed by atoms with E-state index >= 15 is 0 Å². The zero-order valence-corrected chi connectivity index (χ0v) is 32.6. The van der Waals surface area contributed by atoms with E-state index in [2.05, 4.69) is 99.4 Å². The molecule has 0 heterocycles. The predicted molar refractivity (Wildman–Crippen MR) is 199 cm³/mol. The number of ether oxygens (including phenoxy) is 3. The summed E-state index contributed by atoms with van der Waals surface area (Å²) in [4.78, 5) is 46.2. The molecule has 0 aliphatic rings. The minimum Gasteiger partial charge on any atom is -0.550 e. The Morgan fingerprint density at radius 2 is 1.06 bits per heavy atom. The van der Waals surface area contributed by atoms with Gasteiger partial charge in [0, 0.05) is 57.8 Å². The van der Waals surface area contributed by atoms with Crippen molar-refractivity contribution in [1.82, 2.24) is 10.6 Å². The van der Waals surface area contributed by atoms with Crippen molar-refractivity contribution in [2.75, 3.05) is 33.0 Å². The Hall–Kier alpha value is -3.76. The van der Waals surface area contributed by atoms with Crippen LogP contribution in [0.3, 0.4) is 0 Å². The molecule has 0 saturated carbocycles. The largest absolute Gasteiger partial charge is 1.00 e. The Labute approximate surface area is 355 Å². The summed E-state index contributed by atoms with van der Waals surface area (Å²) in [6, 6.07) is -0.785. The fraction of sp³-hybridized carbons (Fsp3) is 0.444. The predicted octanol–water partition coefficient (Wildman–Crippen LogP) is -4.68. The third-order valence-corrected chi connectivity index (χ3v) is 5.18. The number of carbonyl (C=O) groups excluding carboxylic acids is 4. The molecular weight excluding hydrogens is 650 g/mol. The number of carboxylic acid groups (broad SMARTS) is 2. The van der Waals surface area contributed by atoms with Gasteiger partial charge in [-0.2, -0.15) is 0 Å². The molecule has 11 nitrogen and oxygen atoms in total. The second kappa shape index (κ2) is 32.8. The fourth-order valence-electron chi connectivity index (χ4n) is 3.02. The molecule has 0 fully saturated rings. The van der Waals surface area contributed by atoms with Crippen LogP contribution in [0.15, 0.2) is 0 Å². The van der Waals surface area contributed by atoms with Crippen LogP contribution in [-0.4, -0.2) is 75.0 Å². The van der Waals surface area contributed by atoms with E-state index in [-0.39, 0.29) is 132 Å². The Kier molecular flexibility index (Phi) is 33.2. The zero-order chi connectivity index (χ0) is 35.3. The summed E-state index contributed by atoms with van der Waals surface area (Å²) in [5.41, 5.74) is 0. The van der Waals surface area contributed by atoms with E-state index < -0.39 is 48.1 Å². The van der Waals surface area contributed by atoms with Gasteiger partial charge in [0.2, 0.25) is 11.8 Å². The Bertz CT molecular complexity index is 1640. The fourth-order valence-corrected chi connectivity index (χ4v) is 3.02. The first-order chi connectivity index (χ1) is 22.5. The van der Waals surface area contributed by atoms with Crippen molar-refractivity contribution in [1.29, 1.82) is 0 Å². The smallest absolute Gasteiger partial charge is 0.550 e. The van der Waals surface area contributed by atoms with Gasteiger partial charge in [0.1, 0.15) is 5.92 Å². The molecular formula is C36H64N2Na2O9. The minimum absolute atomic E-state index is 0. The third-order valence-electron chi connectivity index (χ3n) is 5.18. The van der Waals surface area contributed by atoms with Crippen LogP contribution in [0.2, 0.25) is 0 Å². The number of carboxylic acids is 2. The van der Waals surface area contributed by atoms with Crippen LogP contribution in [0.5, 0.6) is 0 Å². The molecule has 49 heavy (non-hydrogen) atoms. The molecule has 0 aliphatic heterocycles. The van der Waals surface area contributed by atoms with Crippen LogP contribution in [-0.2, 0) is 33.4 Å². The average molecular weight is 715 g/mol. The van der Waals surface area contributed by atoms with E-state index in [1.165, 1.54) is 6.92 Å². The number of hydrogen-bond donors (Lipinski definition) is 2. The van der Waals surface area contributed by atoms with Gasteiger partial charge < -0.3 is 44.6 Å². The van der Waals surface area contributed by atoms with Crippen LogP contribution in [0, 0.1) is 107 Å². The quantitative estimate of drug-likeness (QED) is 0.0807. The van der Waals surface area contributed by atoms with Gasteiger partial charge in [-0.25, -0.2) is 0 Å². The first kappa shape index (κ1) is 49.6. The van der Waals surface area contributed by atoms with E-state index in [1.54, 1.807) is 20.8 Å². The first-order valence-electron chi connectivity index (χ1n) is 14.2. The average Bonchev–Trinajstić information content (AvgIpc) is 3.00. The standard InChI is InChI=1S/C36H36N2O9.2Na.15H2/c1-6-7-8-9-10-11-12-13-14-15-16-17-18-19-20-32(24-34(41)42)36(44)38-29(3)25-45-21-22-46-27-31(5)47-26-30(4)37-35(43)28(2)23-33(39)40;;;;;;;;;;;;;;;;;/h1,28-32H,21-27H2,2-5H3,(H,37,43)(H,38,44)(H,39,40)(H,41,42);;;15*1H/q;2*+1;;;;;;;;;;;;;;;/p-2. The number of hydrogen-bond acceptors (Lipinski definition) is 9. The molecule has 13 heteroatoms. The van der Waals surface area contributed by atoms with Gasteiger partial charge in [0.15, 0.2) is 0 Å². The van der Waals surface area contributed by atoms with E-state index in [0.29, 0.717) is 0 Å². The minimum atomic E-state index is -1.45. The van der Waals surface area contributed by atoms with E-state index in [4.69, 9.17) is 20.6 Å². The summed E-state index contributed by atoms with van der Waals surface area (Å²) in [5, 5.41) is 27.0. The van der Waals surface area contributed by atoms with E-state index in [9.17, 15) is 29.4 Å². The summed E-state index contributed by atoms with van der Waals surface area (Å²) < 4.78 is 16.7. The van der Waals surface area contributed by atoms with Gasteiger partial charge in [-0.05, 0) is 110 Å². The molecule has 5 unspecified atom stereocenters. The molecule has 0 bridgehead atoms. The molecule has 0 saturated heterocycles. The molecule has 274 valence electrons. The maximum atomic E-state index is 12.5. The Morgan fingerprint density at radius 3 is 1.55 bits per heavy atom. The molecule has 2 N–H and O–H groups in total. The molecule has 0 aromatic rings. The van der Waals surface area contributed by atoms with Gasteiger partial charge in [0.05, 0.1) is 39.1 Å². The SMILES string of the molecule is C#CC#CC#CC#CC#CC#CC#CC#CC(CC(=O)[O-])C(=O)NC(C)COCCOCC(C)OCC(C)NC(=O)C(C)CC(=O)[O-].[HH].[HH].[HH].[HH].[HH].[HH].[HH].[HH].[HH].[HH].[HH].[HH].[HH].[HH].[HH].[Na+].[Na+]. The topological polar surface area (TPSA) is 166 Å². The van der Waals surface area contributed by atoms with Crippen molar-refractivity contribution in [3.63, 3.8) is 0 Å². The molecule has 0 radical (unpaired) electrons. The van der Waals surface area contributed by atoms with Crippen LogP contribution >= 0.6 is 0 Å². The summed E-state index contributed by atoms with van der Waals surface area (Å²) in [7, 11) is 0. The molecule has 5 atom stereocenters. The third kappa shape index (κ3) is 31.3. The van der Waals surface area contributed by atoms with E-state index in [0.717, 1.165) is 0 Å². The Morgan fingerprint density at radius 1 is 0.633 bits per heavy atom. The summed E-state index contributed by atoms with van der Waals surface area (Å²) >= 11 is 0. The molecule has 0 spiro atoms. The van der Waals surface area contributed by atoms with Gasteiger partial charge in [-0.3, -0.25) is 9.59 Å². The number of carbonyl (C=O) groups is 4. The van der Waals surface area contributed by atoms with Gasteiger partial charge in [-0.15, -0.1) is 6.42 Å². The Balaban J connectivity index is -0.0000000778. The normalized spacial score (nSPS) is 11.5. The zero-order valence-electron chi connectivity index (χ0n) is 28.6. The molecule has 0 rings (SSSR count). The van der Waals surface area contributed by atoms with Gasteiger partial charge in [-0.1, -0.05) is 12.8 Å². The monoisotopic (exact) mass is 714 g/mol. The number of terminal acetylenes is 1. The van der Waals surface area contributed by atoms with Crippen LogP contribution in [0.25, 0.3) is 0 Å². The van der Waals surface area contributed by atoms with Crippen molar-refractivity contribution in [2.45, 2.75) is 58.7 Å². The van der Waals surface area contributed by atoms with Crippen LogP contribution in [0.1, 0.15) is 61.9 Å². The van der Waals surface area contributed by atoms with Crippen molar-refractivity contribution in [3.8, 4) is 95.2 Å². The number of nitrogens with one attached hydrogen (secondary N) is 2.